The maximum Gasteiger partial charge on any atom is 0.227 e. The van der Waals surface area contributed by atoms with Gasteiger partial charge in [0.15, 0.2) is 7.14 Å². The standard InChI is InChI=1S/C20H24ClO2P/c1-3-4-5-9-15-24(23,17-12-7-6-8-13-17)20(22)19-16(2)11-10-14-18(19)21/h6-8,10-14H,3-5,9,15H2,1-2H3. The van der Waals surface area contributed by atoms with E-state index in [2.05, 4.69) is 6.92 Å². The molecule has 1 unspecified atom stereocenters. The van der Waals surface area contributed by atoms with Crippen molar-refractivity contribution in [2.24, 2.45) is 0 Å². The van der Waals surface area contributed by atoms with Crippen LogP contribution in [0.3, 0.4) is 0 Å². The van der Waals surface area contributed by atoms with Crippen molar-refractivity contribution in [2.45, 2.75) is 39.5 Å². The van der Waals surface area contributed by atoms with Gasteiger partial charge >= 0.3 is 0 Å². The zero-order valence-corrected chi connectivity index (χ0v) is 15.9. The van der Waals surface area contributed by atoms with Crippen molar-refractivity contribution in [3.63, 3.8) is 0 Å². The third-order valence-corrected chi connectivity index (χ3v) is 7.54. The van der Waals surface area contributed by atoms with Crippen molar-refractivity contribution >= 4 is 29.6 Å². The molecule has 0 N–H and O–H groups in total. The van der Waals surface area contributed by atoms with Gasteiger partial charge in [-0.1, -0.05) is 80.3 Å². The van der Waals surface area contributed by atoms with Crippen LogP contribution in [0, 0.1) is 6.92 Å². The Bertz CT molecular complexity index is 720. The Labute approximate surface area is 149 Å². The Kier molecular flexibility index (Phi) is 6.83. The molecule has 0 spiro atoms. The van der Waals surface area contributed by atoms with Crippen LogP contribution >= 0.6 is 18.7 Å². The molecule has 0 aliphatic rings. The highest BCUT2D eigenvalue weighted by Gasteiger charge is 2.35. The first-order chi connectivity index (χ1) is 11.5. The Morgan fingerprint density at radius 3 is 2.33 bits per heavy atom. The van der Waals surface area contributed by atoms with Gasteiger partial charge in [0.05, 0.1) is 5.02 Å². The number of carbonyl (C=O) groups excluding carboxylic acids is 1. The Morgan fingerprint density at radius 2 is 1.71 bits per heavy atom. The number of rotatable bonds is 8. The second-order valence-corrected chi connectivity index (χ2v) is 9.35. The van der Waals surface area contributed by atoms with Crippen molar-refractivity contribution in [3.8, 4) is 0 Å². The summed E-state index contributed by atoms with van der Waals surface area (Å²) in [5.41, 5.74) is 0.868. The van der Waals surface area contributed by atoms with Crippen LogP contribution in [0.25, 0.3) is 0 Å². The summed E-state index contributed by atoms with van der Waals surface area (Å²) in [4.78, 5) is 13.2. The topological polar surface area (TPSA) is 34.1 Å². The van der Waals surface area contributed by atoms with Gasteiger partial charge in [0, 0.05) is 17.0 Å². The maximum absolute atomic E-state index is 13.8. The second-order valence-electron chi connectivity index (χ2n) is 6.10. The van der Waals surface area contributed by atoms with Gasteiger partial charge in [-0.25, -0.2) is 0 Å². The summed E-state index contributed by atoms with van der Waals surface area (Å²) in [6, 6.07) is 14.5. The Hall–Kier alpha value is -1.37. The van der Waals surface area contributed by atoms with E-state index < -0.39 is 7.14 Å². The molecule has 0 heterocycles. The van der Waals surface area contributed by atoms with Gasteiger partial charge in [-0.2, -0.15) is 0 Å². The lowest BCUT2D eigenvalue weighted by Gasteiger charge is -2.19. The van der Waals surface area contributed by atoms with Gasteiger partial charge in [0.25, 0.3) is 0 Å². The fourth-order valence-electron chi connectivity index (χ4n) is 2.86. The van der Waals surface area contributed by atoms with Crippen molar-refractivity contribution < 1.29 is 9.36 Å². The summed E-state index contributed by atoms with van der Waals surface area (Å²) in [7, 11) is -3.20. The average molecular weight is 363 g/mol. The quantitative estimate of drug-likeness (QED) is 0.422. The third kappa shape index (κ3) is 4.18. The molecular weight excluding hydrogens is 339 g/mol. The normalized spacial score (nSPS) is 13.5. The monoisotopic (exact) mass is 362 g/mol. The molecule has 1 atom stereocenters. The van der Waals surface area contributed by atoms with E-state index in [0.29, 0.717) is 22.1 Å². The van der Waals surface area contributed by atoms with Crippen LogP contribution in [0.2, 0.25) is 5.02 Å². The first kappa shape index (κ1) is 19.0. The fourth-order valence-corrected chi connectivity index (χ4v) is 5.91. The number of hydrogen-bond acceptors (Lipinski definition) is 2. The molecule has 0 radical (unpaired) electrons. The molecule has 0 aliphatic carbocycles. The van der Waals surface area contributed by atoms with Crippen molar-refractivity contribution in [3.05, 3.63) is 64.7 Å². The Balaban J connectivity index is 2.42. The van der Waals surface area contributed by atoms with Crippen LogP contribution in [0.15, 0.2) is 48.5 Å². The largest absolute Gasteiger partial charge is 0.310 e. The molecule has 2 rings (SSSR count). The molecule has 0 aliphatic heterocycles. The second kappa shape index (κ2) is 8.65. The molecule has 0 amide bonds. The number of halogens is 1. The summed E-state index contributed by atoms with van der Waals surface area (Å²) >= 11 is 6.26. The minimum atomic E-state index is -3.20. The molecular formula is C20H24ClO2P. The third-order valence-electron chi connectivity index (χ3n) is 4.26. The summed E-state index contributed by atoms with van der Waals surface area (Å²) < 4.78 is 13.8. The van der Waals surface area contributed by atoms with E-state index in [1.807, 2.05) is 37.3 Å². The molecule has 0 fully saturated rings. The Morgan fingerprint density at radius 1 is 1.00 bits per heavy atom. The molecule has 2 aromatic rings. The highest BCUT2D eigenvalue weighted by molar-refractivity contribution is 7.87. The van der Waals surface area contributed by atoms with Crippen molar-refractivity contribution in [2.75, 3.05) is 6.16 Å². The summed E-state index contributed by atoms with van der Waals surface area (Å²) in [5, 5.41) is 1.01. The molecule has 24 heavy (non-hydrogen) atoms. The number of benzene rings is 2. The minimum Gasteiger partial charge on any atom is -0.310 e. The molecule has 2 aromatic carbocycles. The van der Waals surface area contributed by atoms with Crippen molar-refractivity contribution in [1.29, 1.82) is 0 Å². The predicted molar refractivity (Wildman–Crippen MR) is 103 cm³/mol. The molecule has 4 heteroatoms. The van der Waals surface area contributed by atoms with Crippen LogP contribution in [-0.4, -0.2) is 11.7 Å². The number of hydrogen-bond donors (Lipinski definition) is 0. The highest BCUT2D eigenvalue weighted by atomic mass is 35.5. The van der Waals surface area contributed by atoms with E-state index in [-0.39, 0.29) is 5.52 Å². The van der Waals surface area contributed by atoms with Crippen LogP contribution in [0.5, 0.6) is 0 Å². The van der Waals surface area contributed by atoms with Gasteiger partial charge in [-0.3, -0.25) is 4.79 Å². The van der Waals surface area contributed by atoms with E-state index in [4.69, 9.17) is 11.6 Å². The average Bonchev–Trinajstić information content (AvgIpc) is 2.59. The van der Waals surface area contributed by atoms with Crippen LogP contribution in [0.1, 0.15) is 48.5 Å². The summed E-state index contributed by atoms with van der Waals surface area (Å²) in [6.45, 7) is 3.97. The first-order valence-corrected chi connectivity index (χ1v) is 10.7. The zero-order valence-electron chi connectivity index (χ0n) is 14.3. The molecule has 128 valence electrons. The van der Waals surface area contributed by atoms with Gasteiger partial charge in [0.1, 0.15) is 0 Å². The van der Waals surface area contributed by atoms with E-state index >= 15 is 0 Å². The highest BCUT2D eigenvalue weighted by Crippen LogP contribution is 2.50. The molecule has 0 saturated heterocycles. The zero-order chi connectivity index (χ0) is 17.6. The predicted octanol–water partition coefficient (Wildman–Crippen LogP) is 6.06. The number of carbonyl (C=O) groups is 1. The molecule has 0 aromatic heterocycles. The first-order valence-electron chi connectivity index (χ1n) is 8.45. The lowest BCUT2D eigenvalue weighted by atomic mass is 10.1. The number of aryl methyl sites for hydroxylation is 1. The van der Waals surface area contributed by atoms with Crippen LogP contribution in [0.4, 0.5) is 0 Å². The fraction of sp³-hybridized carbons (Fsp3) is 0.350. The van der Waals surface area contributed by atoms with Gasteiger partial charge < -0.3 is 4.57 Å². The SMILES string of the molecule is CCCCCCP(=O)(C(=O)c1c(C)cccc1Cl)c1ccccc1. The van der Waals surface area contributed by atoms with Crippen molar-refractivity contribution in [1.82, 2.24) is 0 Å². The molecule has 2 nitrogen and oxygen atoms in total. The van der Waals surface area contributed by atoms with Gasteiger partial charge in [-0.05, 0) is 25.0 Å². The molecule has 0 saturated carbocycles. The minimum absolute atomic E-state index is 0.312. The van der Waals surface area contributed by atoms with E-state index in [9.17, 15) is 9.36 Å². The smallest absolute Gasteiger partial charge is 0.227 e. The number of unbranched alkanes of at least 4 members (excludes halogenated alkanes) is 3. The van der Waals surface area contributed by atoms with Gasteiger partial charge in [0.2, 0.25) is 5.52 Å². The lowest BCUT2D eigenvalue weighted by molar-refractivity contribution is 0.107. The van der Waals surface area contributed by atoms with Crippen LogP contribution < -0.4 is 5.30 Å². The van der Waals surface area contributed by atoms with E-state index in [1.54, 1.807) is 18.2 Å². The van der Waals surface area contributed by atoms with Gasteiger partial charge in [-0.15, -0.1) is 0 Å². The maximum atomic E-state index is 13.8. The van der Waals surface area contributed by atoms with E-state index in [1.165, 1.54) is 0 Å². The van der Waals surface area contributed by atoms with E-state index in [0.717, 1.165) is 31.2 Å². The summed E-state index contributed by atoms with van der Waals surface area (Å²) in [6.07, 6.45) is 4.37. The lowest BCUT2D eigenvalue weighted by Crippen LogP contribution is -2.17. The molecule has 0 bridgehead atoms. The summed E-state index contributed by atoms with van der Waals surface area (Å²) in [5.74, 6) is 0. The van der Waals surface area contributed by atoms with Crippen LogP contribution in [-0.2, 0) is 4.57 Å².